The van der Waals surface area contributed by atoms with Gasteiger partial charge >= 0.3 is 0 Å². The smallest absolute Gasteiger partial charge is 0.242 e. The van der Waals surface area contributed by atoms with E-state index >= 15 is 0 Å². The number of hydrogen-bond donors (Lipinski definition) is 1. The molecule has 5 nitrogen and oxygen atoms in total. The number of amides is 2. The van der Waals surface area contributed by atoms with Gasteiger partial charge in [-0.05, 0) is 18.1 Å². The zero-order chi connectivity index (χ0) is 14.5. The van der Waals surface area contributed by atoms with Gasteiger partial charge in [0, 0.05) is 25.1 Å². The Balaban J connectivity index is 2.03. The standard InChI is InChI=1S/C15H20N2O3/c1-3-14(18)16-9-15(19)17-8-7-11-5-4-6-13(20-2)12(11)10-17/h4-6H,3,7-10H2,1-2H3,(H,16,18). The third-order valence-corrected chi connectivity index (χ3v) is 3.56. The molecule has 0 saturated carbocycles. The van der Waals surface area contributed by atoms with Crippen molar-refractivity contribution < 1.29 is 14.3 Å². The van der Waals surface area contributed by atoms with Crippen LogP contribution in [0.2, 0.25) is 0 Å². The maximum Gasteiger partial charge on any atom is 0.242 e. The zero-order valence-electron chi connectivity index (χ0n) is 11.9. The molecule has 0 bridgehead atoms. The second kappa shape index (κ2) is 6.41. The summed E-state index contributed by atoms with van der Waals surface area (Å²) in [5.74, 6) is 0.661. The van der Waals surface area contributed by atoms with Gasteiger partial charge in [0.15, 0.2) is 0 Å². The Labute approximate surface area is 118 Å². The van der Waals surface area contributed by atoms with E-state index in [1.807, 2.05) is 12.1 Å². The Hall–Kier alpha value is -2.04. The molecule has 20 heavy (non-hydrogen) atoms. The number of methoxy groups -OCH3 is 1. The van der Waals surface area contributed by atoms with Gasteiger partial charge in [0.2, 0.25) is 11.8 Å². The molecule has 0 fully saturated rings. The van der Waals surface area contributed by atoms with E-state index in [2.05, 4.69) is 11.4 Å². The number of rotatable bonds is 4. The average molecular weight is 276 g/mol. The van der Waals surface area contributed by atoms with Crippen molar-refractivity contribution in [2.45, 2.75) is 26.3 Å². The molecule has 0 spiro atoms. The lowest BCUT2D eigenvalue weighted by molar-refractivity contribution is -0.133. The van der Waals surface area contributed by atoms with Gasteiger partial charge in [-0.15, -0.1) is 0 Å². The normalized spacial score (nSPS) is 13.6. The molecule has 1 aromatic carbocycles. The minimum absolute atomic E-state index is 0.0524. The van der Waals surface area contributed by atoms with Crippen molar-refractivity contribution in [3.8, 4) is 5.75 Å². The van der Waals surface area contributed by atoms with Crippen LogP contribution in [-0.2, 0) is 22.6 Å². The highest BCUT2D eigenvalue weighted by molar-refractivity contribution is 5.84. The fraction of sp³-hybridized carbons (Fsp3) is 0.467. The molecule has 108 valence electrons. The van der Waals surface area contributed by atoms with E-state index in [9.17, 15) is 9.59 Å². The number of carbonyl (C=O) groups excluding carboxylic acids is 2. The van der Waals surface area contributed by atoms with Crippen LogP contribution in [0.4, 0.5) is 0 Å². The molecule has 5 heteroatoms. The summed E-state index contributed by atoms with van der Waals surface area (Å²) in [7, 11) is 1.64. The highest BCUT2D eigenvalue weighted by atomic mass is 16.5. The Morgan fingerprint density at radius 1 is 1.40 bits per heavy atom. The predicted octanol–water partition coefficient (Wildman–Crippen LogP) is 1.11. The Morgan fingerprint density at radius 2 is 2.20 bits per heavy atom. The van der Waals surface area contributed by atoms with Gasteiger partial charge in [-0.25, -0.2) is 0 Å². The number of nitrogens with zero attached hydrogens (tertiary/aromatic N) is 1. The van der Waals surface area contributed by atoms with E-state index in [1.165, 1.54) is 5.56 Å². The molecule has 0 atom stereocenters. The average Bonchev–Trinajstić information content (AvgIpc) is 2.50. The van der Waals surface area contributed by atoms with Crippen molar-refractivity contribution >= 4 is 11.8 Å². The van der Waals surface area contributed by atoms with Gasteiger partial charge in [-0.1, -0.05) is 19.1 Å². The first-order valence-corrected chi connectivity index (χ1v) is 6.85. The fourth-order valence-electron chi connectivity index (χ4n) is 2.37. The number of fused-ring (bicyclic) bond motifs is 1. The minimum atomic E-state index is -0.103. The molecule has 2 rings (SSSR count). The van der Waals surface area contributed by atoms with Crippen molar-refractivity contribution in [1.29, 1.82) is 0 Å². The summed E-state index contributed by atoms with van der Waals surface area (Å²) in [6.45, 7) is 3.06. The van der Waals surface area contributed by atoms with Crippen LogP contribution in [0, 0.1) is 0 Å². The Bertz CT molecular complexity index is 500. The SMILES string of the molecule is CCC(=O)NCC(=O)N1CCc2cccc(OC)c2C1. The summed E-state index contributed by atoms with van der Waals surface area (Å²) in [4.78, 5) is 25.1. The fourth-order valence-corrected chi connectivity index (χ4v) is 2.37. The maximum absolute atomic E-state index is 12.1. The molecule has 1 aliphatic heterocycles. The number of benzene rings is 1. The summed E-state index contributed by atoms with van der Waals surface area (Å²) >= 11 is 0. The summed E-state index contributed by atoms with van der Waals surface area (Å²) in [5.41, 5.74) is 2.29. The second-order valence-corrected chi connectivity index (χ2v) is 4.79. The monoisotopic (exact) mass is 276 g/mol. The van der Waals surface area contributed by atoms with Crippen molar-refractivity contribution in [2.24, 2.45) is 0 Å². The number of hydrogen-bond acceptors (Lipinski definition) is 3. The summed E-state index contributed by atoms with van der Waals surface area (Å²) in [6, 6.07) is 5.95. The van der Waals surface area contributed by atoms with Crippen molar-refractivity contribution in [1.82, 2.24) is 10.2 Å². The molecule has 1 aromatic rings. The molecular weight excluding hydrogens is 256 g/mol. The van der Waals surface area contributed by atoms with E-state index < -0.39 is 0 Å². The molecule has 0 aliphatic carbocycles. The van der Waals surface area contributed by atoms with Gasteiger partial charge in [0.05, 0.1) is 13.7 Å². The first-order chi connectivity index (χ1) is 9.65. The third-order valence-electron chi connectivity index (χ3n) is 3.56. The van der Waals surface area contributed by atoms with E-state index in [0.717, 1.165) is 17.7 Å². The summed E-state index contributed by atoms with van der Waals surface area (Å²) in [6.07, 6.45) is 1.21. The van der Waals surface area contributed by atoms with Gasteiger partial charge in [0.1, 0.15) is 5.75 Å². The first-order valence-electron chi connectivity index (χ1n) is 6.85. The van der Waals surface area contributed by atoms with E-state index in [0.29, 0.717) is 19.5 Å². The lowest BCUT2D eigenvalue weighted by Gasteiger charge is -2.30. The molecule has 0 radical (unpaired) electrons. The van der Waals surface area contributed by atoms with Crippen LogP contribution in [0.5, 0.6) is 5.75 Å². The van der Waals surface area contributed by atoms with E-state index in [4.69, 9.17) is 4.74 Å². The first kappa shape index (κ1) is 14.4. The number of ether oxygens (including phenoxy) is 1. The van der Waals surface area contributed by atoms with E-state index in [-0.39, 0.29) is 18.4 Å². The molecule has 0 unspecified atom stereocenters. The van der Waals surface area contributed by atoms with Gasteiger partial charge < -0.3 is 15.0 Å². The molecule has 1 aliphatic rings. The van der Waals surface area contributed by atoms with E-state index in [1.54, 1.807) is 18.9 Å². The van der Waals surface area contributed by atoms with Crippen LogP contribution in [0.3, 0.4) is 0 Å². The van der Waals surface area contributed by atoms with Gasteiger partial charge in [0.25, 0.3) is 0 Å². The molecule has 1 N–H and O–H groups in total. The Kier molecular flexibility index (Phi) is 4.61. The van der Waals surface area contributed by atoms with Crippen LogP contribution in [0.25, 0.3) is 0 Å². The molecule has 2 amide bonds. The van der Waals surface area contributed by atoms with Crippen LogP contribution >= 0.6 is 0 Å². The lowest BCUT2D eigenvalue weighted by atomic mass is 9.99. The number of carbonyl (C=O) groups is 2. The molecule has 1 heterocycles. The quantitative estimate of drug-likeness (QED) is 0.896. The largest absolute Gasteiger partial charge is 0.496 e. The van der Waals surface area contributed by atoms with Gasteiger partial charge in [-0.3, -0.25) is 9.59 Å². The minimum Gasteiger partial charge on any atom is -0.496 e. The van der Waals surface area contributed by atoms with Crippen LogP contribution < -0.4 is 10.1 Å². The summed E-state index contributed by atoms with van der Waals surface area (Å²) < 4.78 is 5.35. The molecule has 0 saturated heterocycles. The van der Waals surface area contributed by atoms with Crippen molar-refractivity contribution in [3.05, 3.63) is 29.3 Å². The topological polar surface area (TPSA) is 58.6 Å². The maximum atomic E-state index is 12.1. The lowest BCUT2D eigenvalue weighted by Crippen LogP contribution is -2.42. The summed E-state index contributed by atoms with van der Waals surface area (Å²) in [5, 5.41) is 2.62. The highest BCUT2D eigenvalue weighted by Crippen LogP contribution is 2.27. The van der Waals surface area contributed by atoms with Crippen LogP contribution in [0.15, 0.2) is 18.2 Å². The van der Waals surface area contributed by atoms with Crippen LogP contribution in [-0.4, -0.2) is 36.9 Å². The van der Waals surface area contributed by atoms with Crippen molar-refractivity contribution in [3.63, 3.8) is 0 Å². The zero-order valence-corrected chi connectivity index (χ0v) is 11.9. The van der Waals surface area contributed by atoms with Crippen molar-refractivity contribution in [2.75, 3.05) is 20.2 Å². The molecule has 0 aromatic heterocycles. The van der Waals surface area contributed by atoms with Gasteiger partial charge in [-0.2, -0.15) is 0 Å². The second-order valence-electron chi connectivity index (χ2n) is 4.79. The highest BCUT2D eigenvalue weighted by Gasteiger charge is 2.23. The van der Waals surface area contributed by atoms with Crippen LogP contribution in [0.1, 0.15) is 24.5 Å². The molecular formula is C15H20N2O3. The predicted molar refractivity (Wildman–Crippen MR) is 75.4 cm³/mol. The third kappa shape index (κ3) is 3.10. The number of nitrogens with one attached hydrogen (secondary N) is 1. The Morgan fingerprint density at radius 3 is 2.90 bits per heavy atom.